The number of rotatable bonds is 5. The SMILES string of the molecule is Cc1ccc2nc(-c3ccc(NC(=O)CN4CCN(c5cccc(C)c5C)CC4)cc3)sc2c1. The maximum absolute atomic E-state index is 12.7. The zero-order chi connectivity index (χ0) is 23.7. The Hall–Kier alpha value is -3.22. The molecule has 1 amide bonds. The Balaban J connectivity index is 1.15. The maximum Gasteiger partial charge on any atom is 0.238 e. The van der Waals surface area contributed by atoms with Crippen LogP contribution in [0.4, 0.5) is 11.4 Å². The minimum Gasteiger partial charge on any atom is -0.369 e. The van der Waals surface area contributed by atoms with Gasteiger partial charge >= 0.3 is 0 Å². The zero-order valence-corrected chi connectivity index (χ0v) is 20.8. The lowest BCUT2D eigenvalue weighted by Gasteiger charge is -2.36. The molecule has 174 valence electrons. The van der Waals surface area contributed by atoms with E-state index in [1.165, 1.54) is 27.1 Å². The summed E-state index contributed by atoms with van der Waals surface area (Å²) in [4.78, 5) is 22.1. The van der Waals surface area contributed by atoms with E-state index in [2.05, 4.69) is 72.3 Å². The Kier molecular flexibility index (Phi) is 6.35. The van der Waals surface area contributed by atoms with Gasteiger partial charge in [-0.3, -0.25) is 9.69 Å². The molecule has 0 atom stereocenters. The predicted molar refractivity (Wildman–Crippen MR) is 143 cm³/mol. The number of carbonyl (C=O) groups excluding carboxylic acids is 1. The van der Waals surface area contributed by atoms with Crippen molar-refractivity contribution < 1.29 is 4.79 Å². The molecule has 4 aromatic rings. The second-order valence-corrected chi connectivity index (χ2v) is 10.1. The summed E-state index contributed by atoms with van der Waals surface area (Å²) in [6, 6.07) is 20.8. The molecule has 1 N–H and O–H groups in total. The van der Waals surface area contributed by atoms with Crippen LogP contribution in [0.15, 0.2) is 60.7 Å². The van der Waals surface area contributed by atoms with Crippen molar-refractivity contribution in [2.75, 3.05) is 42.9 Å². The molecule has 34 heavy (non-hydrogen) atoms. The summed E-state index contributed by atoms with van der Waals surface area (Å²) < 4.78 is 1.20. The van der Waals surface area contributed by atoms with Crippen molar-refractivity contribution in [3.8, 4) is 10.6 Å². The first kappa shape index (κ1) is 22.6. The van der Waals surface area contributed by atoms with E-state index in [1.807, 2.05) is 24.3 Å². The molecule has 1 aliphatic heterocycles. The molecule has 0 aliphatic carbocycles. The van der Waals surface area contributed by atoms with Gasteiger partial charge in [0.2, 0.25) is 5.91 Å². The van der Waals surface area contributed by atoms with Gasteiger partial charge in [-0.1, -0.05) is 18.2 Å². The van der Waals surface area contributed by atoms with Gasteiger partial charge in [-0.25, -0.2) is 4.98 Å². The molecule has 5 rings (SSSR count). The van der Waals surface area contributed by atoms with Crippen LogP contribution in [-0.2, 0) is 4.79 Å². The van der Waals surface area contributed by atoms with Gasteiger partial charge in [-0.15, -0.1) is 11.3 Å². The number of piperazine rings is 1. The maximum atomic E-state index is 12.7. The van der Waals surface area contributed by atoms with Gasteiger partial charge in [-0.2, -0.15) is 0 Å². The fraction of sp³-hybridized carbons (Fsp3) is 0.286. The molecule has 0 spiro atoms. The summed E-state index contributed by atoms with van der Waals surface area (Å²) in [6.45, 7) is 10.5. The van der Waals surface area contributed by atoms with Crippen LogP contribution in [0.1, 0.15) is 16.7 Å². The number of nitrogens with one attached hydrogen (secondary N) is 1. The molecule has 1 aliphatic rings. The summed E-state index contributed by atoms with van der Waals surface area (Å²) in [5.74, 6) is 0.0309. The number of anilines is 2. The van der Waals surface area contributed by atoms with Crippen molar-refractivity contribution in [2.24, 2.45) is 0 Å². The second kappa shape index (κ2) is 9.57. The molecule has 6 heteroatoms. The van der Waals surface area contributed by atoms with E-state index in [0.717, 1.165) is 48.0 Å². The molecule has 0 radical (unpaired) electrons. The van der Waals surface area contributed by atoms with Crippen LogP contribution in [0, 0.1) is 20.8 Å². The average molecular weight is 471 g/mol. The van der Waals surface area contributed by atoms with E-state index >= 15 is 0 Å². The van der Waals surface area contributed by atoms with E-state index in [-0.39, 0.29) is 5.91 Å². The van der Waals surface area contributed by atoms with E-state index < -0.39 is 0 Å². The largest absolute Gasteiger partial charge is 0.369 e. The number of hydrogen-bond donors (Lipinski definition) is 1. The highest BCUT2D eigenvalue weighted by molar-refractivity contribution is 7.21. The van der Waals surface area contributed by atoms with Gasteiger partial charge in [0, 0.05) is 43.1 Å². The Labute approximate surface area is 205 Å². The van der Waals surface area contributed by atoms with Crippen LogP contribution >= 0.6 is 11.3 Å². The van der Waals surface area contributed by atoms with Gasteiger partial charge in [0.15, 0.2) is 0 Å². The lowest BCUT2D eigenvalue weighted by atomic mass is 10.1. The molecule has 0 bridgehead atoms. The normalized spacial score (nSPS) is 14.5. The third-order valence-electron chi connectivity index (χ3n) is 6.62. The van der Waals surface area contributed by atoms with Crippen molar-refractivity contribution in [2.45, 2.75) is 20.8 Å². The molecule has 1 saturated heterocycles. The van der Waals surface area contributed by atoms with Crippen molar-refractivity contribution in [1.82, 2.24) is 9.88 Å². The molecular weight excluding hydrogens is 440 g/mol. The lowest BCUT2D eigenvalue weighted by Crippen LogP contribution is -2.48. The Morgan fingerprint density at radius 1 is 0.971 bits per heavy atom. The monoisotopic (exact) mass is 470 g/mol. The van der Waals surface area contributed by atoms with Gasteiger partial charge in [0.1, 0.15) is 5.01 Å². The number of thiazole rings is 1. The van der Waals surface area contributed by atoms with Gasteiger partial charge in [0.05, 0.1) is 16.8 Å². The standard InChI is InChI=1S/C28H30N4OS/c1-19-7-12-24-26(17-19)34-28(30-24)22-8-10-23(11-9-22)29-27(33)18-31-13-15-32(16-14-31)25-6-4-5-20(2)21(25)3/h4-12,17H,13-16,18H2,1-3H3,(H,29,33). The zero-order valence-electron chi connectivity index (χ0n) is 20.0. The van der Waals surface area contributed by atoms with Gasteiger partial charge in [0.25, 0.3) is 0 Å². The number of fused-ring (bicyclic) bond motifs is 1. The first-order chi connectivity index (χ1) is 16.5. The molecule has 0 unspecified atom stereocenters. The molecule has 5 nitrogen and oxygen atoms in total. The highest BCUT2D eigenvalue weighted by Gasteiger charge is 2.20. The number of aryl methyl sites for hydroxylation is 2. The minimum absolute atomic E-state index is 0.0309. The van der Waals surface area contributed by atoms with Crippen LogP contribution in [-0.4, -0.2) is 48.5 Å². The Bertz CT molecular complexity index is 1320. The fourth-order valence-corrected chi connectivity index (χ4v) is 5.55. The Morgan fingerprint density at radius 2 is 1.74 bits per heavy atom. The number of amides is 1. The van der Waals surface area contributed by atoms with Crippen LogP contribution in [0.3, 0.4) is 0 Å². The number of hydrogen-bond acceptors (Lipinski definition) is 5. The molecule has 1 aromatic heterocycles. The smallest absolute Gasteiger partial charge is 0.238 e. The molecule has 1 fully saturated rings. The molecular formula is C28H30N4OS. The van der Waals surface area contributed by atoms with E-state index in [4.69, 9.17) is 4.98 Å². The summed E-state index contributed by atoms with van der Waals surface area (Å²) in [5, 5.41) is 4.05. The number of carbonyl (C=O) groups is 1. The van der Waals surface area contributed by atoms with Crippen molar-refractivity contribution >= 4 is 38.8 Å². The molecule has 3 aromatic carbocycles. The number of benzene rings is 3. The van der Waals surface area contributed by atoms with Crippen molar-refractivity contribution in [3.63, 3.8) is 0 Å². The van der Waals surface area contributed by atoms with E-state index in [1.54, 1.807) is 11.3 Å². The highest BCUT2D eigenvalue weighted by Crippen LogP contribution is 2.31. The van der Waals surface area contributed by atoms with Crippen LogP contribution in [0.25, 0.3) is 20.8 Å². The van der Waals surface area contributed by atoms with Crippen LogP contribution in [0.5, 0.6) is 0 Å². The quantitative estimate of drug-likeness (QED) is 0.410. The predicted octanol–water partition coefficient (Wildman–Crippen LogP) is 5.65. The molecule has 0 saturated carbocycles. The molecule has 2 heterocycles. The Morgan fingerprint density at radius 3 is 2.50 bits per heavy atom. The van der Waals surface area contributed by atoms with Crippen LogP contribution in [0.2, 0.25) is 0 Å². The first-order valence-electron chi connectivity index (χ1n) is 11.8. The first-order valence-corrected chi connectivity index (χ1v) is 12.6. The summed E-state index contributed by atoms with van der Waals surface area (Å²) in [6.07, 6.45) is 0. The second-order valence-electron chi connectivity index (χ2n) is 9.10. The summed E-state index contributed by atoms with van der Waals surface area (Å²) >= 11 is 1.70. The summed E-state index contributed by atoms with van der Waals surface area (Å²) in [5.41, 5.74) is 8.14. The third kappa shape index (κ3) is 4.83. The minimum atomic E-state index is 0.0309. The fourth-order valence-electron chi connectivity index (χ4n) is 4.48. The van der Waals surface area contributed by atoms with Crippen molar-refractivity contribution in [1.29, 1.82) is 0 Å². The van der Waals surface area contributed by atoms with Crippen LogP contribution < -0.4 is 10.2 Å². The number of nitrogens with zero attached hydrogens (tertiary/aromatic N) is 3. The van der Waals surface area contributed by atoms with E-state index in [9.17, 15) is 4.79 Å². The van der Waals surface area contributed by atoms with Gasteiger partial charge in [-0.05, 0) is 79.9 Å². The highest BCUT2D eigenvalue weighted by atomic mass is 32.1. The summed E-state index contributed by atoms with van der Waals surface area (Å²) in [7, 11) is 0. The lowest BCUT2D eigenvalue weighted by molar-refractivity contribution is -0.117. The van der Waals surface area contributed by atoms with Gasteiger partial charge < -0.3 is 10.2 Å². The topological polar surface area (TPSA) is 48.5 Å². The van der Waals surface area contributed by atoms with Crippen molar-refractivity contribution in [3.05, 3.63) is 77.4 Å². The van der Waals surface area contributed by atoms with E-state index in [0.29, 0.717) is 6.54 Å². The average Bonchev–Trinajstić information content (AvgIpc) is 3.25. The number of aromatic nitrogens is 1. The third-order valence-corrected chi connectivity index (χ3v) is 7.68.